The summed E-state index contributed by atoms with van der Waals surface area (Å²) >= 11 is 6.04. The largest absolute Gasteiger partial charge is 0.363 e. The molecule has 1 unspecified atom stereocenters. The van der Waals surface area contributed by atoms with Gasteiger partial charge in [0.15, 0.2) is 0 Å². The molecular weight excluding hydrogens is 284 g/mol. The Balaban J connectivity index is 2.13. The van der Waals surface area contributed by atoms with E-state index in [0.29, 0.717) is 5.95 Å². The van der Waals surface area contributed by atoms with Gasteiger partial charge >= 0.3 is 0 Å². The lowest BCUT2D eigenvalue weighted by molar-refractivity contribution is 0.867. The minimum atomic E-state index is 0.122. The van der Waals surface area contributed by atoms with E-state index >= 15 is 0 Å². The third-order valence-electron chi connectivity index (χ3n) is 3.10. The Morgan fingerprint density at radius 2 is 2.05 bits per heavy atom. The molecule has 0 aliphatic rings. The highest BCUT2D eigenvalue weighted by Gasteiger charge is 2.08. The number of nitrogens with zero attached hydrogens (tertiary/aromatic N) is 2. The average Bonchev–Trinajstić information content (AvgIpc) is 2.44. The van der Waals surface area contributed by atoms with Crippen molar-refractivity contribution in [2.24, 2.45) is 0 Å². The van der Waals surface area contributed by atoms with Gasteiger partial charge in [0.05, 0.1) is 0 Å². The number of halogens is 1. The Hall–Kier alpha value is -1.81. The van der Waals surface area contributed by atoms with E-state index in [1.54, 1.807) is 0 Å². The molecule has 1 atom stereocenters. The summed E-state index contributed by atoms with van der Waals surface area (Å²) in [7, 11) is 0. The first kappa shape index (κ1) is 15.6. The van der Waals surface area contributed by atoms with Crippen molar-refractivity contribution in [3.05, 3.63) is 46.6 Å². The SMILES string of the molecule is CCCNc1nc(C)cc(NC(C)c2cccc(Cl)c2)n1. The number of benzene rings is 1. The molecule has 2 rings (SSSR count). The second-order valence-corrected chi connectivity index (χ2v) is 5.50. The summed E-state index contributed by atoms with van der Waals surface area (Å²) in [5, 5.41) is 7.35. The van der Waals surface area contributed by atoms with Crippen molar-refractivity contribution >= 4 is 23.4 Å². The molecule has 0 saturated heterocycles. The third-order valence-corrected chi connectivity index (χ3v) is 3.34. The first-order valence-corrected chi connectivity index (χ1v) is 7.58. The van der Waals surface area contributed by atoms with Crippen LogP contribution in [0.3, 0.4) is 0 Å². The monoisotopic (exact) mass is 304 g/mol. The van der Waals surface area contributed by atoms with Crippen molar-refractivity contribution in [3.63, 3.8) is 0 Å². The molecule has 0 radical (unpaired) electrons. The fourth-order valence-electron chi connectivity index (χ4n) is 2.04. The summed E-state index contributed by atoms with van der Waals surface area (Å²) in [5.74, 6) is 1.48. The first-order chi connectivity index (χ1) is 10.1. The molecule has 0 bridgehead atoms. The highest BCUT2D eigenvalue weighted by atomic mass is 35.5. The van der Waals surface area contributed by atoms with Crippen molar-refractivity contribution in [1.29, 1.82) is 0 Å². The van der Waals surface area contributed by atoms with Gasteiger partial charge in [-0.2, -0.15) is 4.98 Å². The van der Waals surface area contributed by atoms with E-state index in [-0.39, 0.29) is 6.04 Å². The van der Waals surface area contributed by atoms with Gasteiger partial charge < -0.3 is 10.6 Å². The quantitative estimate of drug-likeness (QED) is 0.828. The minimum Gasteiger partial charge on any atom is -0.363 e. The number of hydrogen-bond acceptors (Lipinski definition) is 4. The number of aromatic nitrogens is 2. The minimum absolute atomic E-state index is 0.122. The van der Waals surface area contributed by atoms with Crippen LogP contribution in [0.4, 0.5) is 11.8 Å². The second kappa shape index (κ2) is 7.27. The van der Waals surface area contributed by atoms with Crippen LogP contribution in [0.2, 0.25) is 5.02 Å². The van der Waals surface area contributed by atoms with Gasteiger partial charge in [-0.25, -0.2) is 4.98 Å². The number of nitrogens with one attached hydrogen (secondary N) is 2. The maximum atomic E-state index is 6.04. The van der Waals surface area contributed by atoms with Gasteiger partial charge in [0, 0.05) is 29.4 Å². The Morgan fingerprint density at radius 1 is 1.24 bits per heavy atom. The van der Waals surface area contributed by atoms with Gasteiger partial charge in [-0.1, -0.05) is 30.7 Å². The Kier molecular flexibility index (Phi) is 5.39. The summed E-state index contributed by atoms with van der Waals surface area (Å²) < 4.78 is 0. The zero-order valence-electron chi connectivity index (χ0n) is 12.7. The summed E-state index contributed by atoms with van der Waals surface area (Å²) in [4.78, 5) is 8.87. The molecule has 0 spiro atoms. The lowest BCUT2D eigenvalue weighted by Gasteiger charge is -2.16. The van der Waals surface area contributed by atoms with Gasteiger partial charge in [-0.3, -0.25) is 0 Å². The van der Waals surface area contributed by atoms with Gasteiger partial charge in [0.1, 0.15) is 5.82 Å². The molecule has 0 aliphatic heterocycles. The Morgan fingerprint density at radius 3 is 2.76 bits per heavy atom. The lowest BCUT2D eigenvalue weighted by Crippen LogP contribution is -2.11. The molecule has 2 N–H and O–H groups in total. The Labute approximate surface area is 131 Å². The van der Waals surface area contributed by atoms with Gasteiger partial charge in [0.25, 0.3) is 0 Å². The summed E-state index contributed by atoms with van der Waals surface area (Å²) in [6.45, 7) is 7.03. The van der Waals surface area contributed by atoms with Crippen LogP contribution >= 0.6 is 11.6 Å². The standard InChI is InChI=1S/C16H21ClN4/c1-4-8-18-16-19-11(2)9-15(21-16)20-12(3)13-6-5-7-14(17)10-13/h5-7,9-10,12H,4,8H2,1-3H3,(H2,18,19,20,21). The lowest BCUT2D eigenvalue weighted by atomic mass is 10.1. The highest BCUT2D eigenvalue weighted by Crippen LogP contribution is 2.21. The zero-order chi connectivity index (χ0) is 15.2. The fraction of sp³-hybridized carbons (Fsp3) is 0.375. The molecule has 1 aromatic heterocycles. The van der Waals surface area contributed by atoms with Crippen LogP contribution in [0.1, 0.15) is 37.6 Å². The predicted molar refractivity (Wildman–Crippen MR) is 89.0 cm³/mol. The van der Waals surface area contributed by atoms with E-state index in [1.807, 2.05) is 37.3 Å². The van der Waals surface area contributed by atoms with E-state index < -0.39 is 0 Å². The smallest absolute Gasteiger partial charge is 0.224 e. The van der Waals surface area contributed by atoms with Crippen LogP contribution < -0.4 is 10.6 Å². The number of anilines is 2. The van der Waals surface area contributed by atoms with Crippen molar-refractivity contribution in [2.45, 2.75) is 33.2 Å². The molecule has 0 fully saturated rings. The summed E-state index contributed by atoms with van der Waals surface area (Å²) in [5.41, 5.74) is 2.06. The van der Waals surface area contributed by atoms with E-state index in [9.17, 15) is 0 Å². The maximum absolute atomic E-state index is 6.04. The fourth-order valence-corrected chi connectivity index (χ4v) is 2.24. The Bertz CT molecular complexity index is 601. The summed E-state index contributed by atoms with van der Waals surface area (Å²) in [6, 6.07) is 9.90. The maximum Gasteiger partial charge on any atom is 0.224 e. The number of aryl methyl sites for hydroxylation is 1. The average molecular weight is 305 g/mol. The number of rotatable bonds is 6. The second-order valence-electron chi connectivity index (χ2n) is 5.07. The molecule has 1 aromatic carbocycles. The first-order valence-electron chi connectivity index (χ1n) is 7.20. The van der Waals surface area contributed by atoms with Crippen molar-refractivity contribution < 1.29 is 0 Å². The molecule has 4 nitrogen and oxygen atoms in total. The van der Waals surface area contributed by atoms with Crippen LogP contribution in [-0.2, 0) is 0 Å². The molecule has 0 amide bonds. The van der Waals surface area contributed by atoms with E-state index in [1.165, 1.54) is 0 Å². The van der Waals surface area contributed by atoms with Crippen LogP contribution in [0.5, 0.6) is 0 Å². The molecule has 21 heavy (non-hydrogen) atoms. The summed E-state index contributed by atoms with van der Waals surface area (Å²) in [6.07, 6.45) is 1.04. The van der Waals surface area contributed by atoms with E-state index in [2.05, 4.69) is 34.4 Å². The normalized spacial score (nSPS) is 12.0. The van der Waals surface area contributed by atoms with Crippen molar-refractivity contribution in [1.82, 2.24) is 9.97 Å². The van der Waals surface area contributed by atoms with Crippen molar-refractivity contribution in [3.8, 4) is 0 Å². The van der Waals surface area contributed by atoms with Crippen LogP contribution in [0.25, 0.3) is 0 Å². The van der Waals surface area contributed by atoms with Crippen LogP contribution in [-0.4, -0.2) is 16.5 Å². The van der Waals surface area contributed by atoms with Crippen LogP contribution in [0.15, 0.2) is 30.3 Å². The van der Waals surface area contributed by atoms with Gasteiger partial charge in [0.2, 0.25) is 5.95 Å². The molecule has 5 heteroatoms. The molecule has 1 heterocycles. The van der Waals surface area contributed by atoms with Gasteiger partial charge in [-0.15, -0.1) is 0 Å². The zero-order valence-corrected chi connectivity index (χ0v) is 13.4. The highest BCUT2D eigenvalue weighted by molar-refractivity contribution is 6.30. The molecular formula is C16H21ClN4. The predicted octanol–water partition coefficient (Wildman–Crippen LogP) is 4.43. The topological polar surface area (TPSA) is 49.8 Å². The van der Waals surface area contributed by atoms with Gasteiger partial charge in [-0.05, 0) is 38.0 Å². The van der Waals surface area contributed by atoms with Crippen molar-refractivity contribution in [2.75, 3.05) is 17.2 Å². The molecule has 0 saturated carbocycles. The molecule has 0 aliphatic carbocycles. The van der Waals surface area contributed by atoms with E-state index in [4.69, 9.17) is 11.6 Å². The van der Waals surface area contributed by atoms with E-state index in [0.717, 1.165) is 35.1 Å². The van der Waals surface area contributed by atoms with Crippen LogP contribution in [0, 0.1) is 6.92 Å². The third kappa shape index (κ3) is 4.60. The number of hydrogen-bond donors (Lipinski definition) is 2. The molecule has 2 aromatic rings. The molecule has 112 valence electrons.